The van der Waals surface area contributed by atoms with E-state index >= 15 is 0 Å². The number of alkyl halides is 3. The van der Waals surface area contributed by atoms with E-state index in [1.165, 1.54) is 6.07 Å². The van der Waals surface area contributed by atoms with Crippen LogP contribution in [0.5, 0.6) is 0 Å². The lowest BCUT2D eigenvalue weighted by atomic mass is 10.2. The molecule has 1 fully saturated rings. The van der Waals surface area contributed by atoms with E-state index in [-0.39, 0.29) is 23.4 Å². The van der Waals surface area contributed by atoms with Crippen LogP contribution in [-0.2, 0) is 10.9 Å². The zero-order valence-corrected chi connectivity index (χ0v) is 12.5. The van der Waals surface area contributed by atoms with Crippen LogP contribution >= 0.6 is 0 Å². The maximum Gasteiger partial charge on any atom is 0.433 e. The Labute approximate surface area is 130 Å². The van der Waals surface area contributed by atoms with Crippen molar-refractivity contribution in [2.24, 2.45) is 0 Å². The number of halogens is 3. The van der Waals surface area contributed by atoms with E-state index in [9.17, 15) is 13.2 Å². The first kappa shape index (κ1) is 15.9. The molecule has 2 atom stereocenters. The molecule has 0 radical (unpaired) electrons. The minimum absolute atomic E-state index is 0.00635. The average Bonchev–Trinajstić information content (AvgIpc) is 2.95. The van der Waals surface area contributed by atoms with Gasteiger partial charge in [0.05, 0.1) is 6.10 Å². The molecule has 0 saturated carbocycles. The molecule has 3 rings (SSSR count). The lowest BCUT2D eigenvalue weighted by molar-refractivity contribution is -0.141. The summed E-state index contributed by atoms with van der Waals surface area (Å²) in [5.74, 6) is 0.334. The van der Waals surface area contributed by atoms with Gasteiger partial charge in [0.2, 0.25) is 5.82 Å². The molecule has 0 spiro atoms. The Hall–Kier alpha value is -2.00. The number of aromatic nitrogens is 3. The molecule has 0 amide bonds. The van der Waals surface area contributed by atoms with Crippen molar-refractivity contribution < 1.29 is 22.4 Å². The van der Waals surface area contributed by atoms with Gasteiger partial charge < -0.3 is 14.2 Å². The van der Waals surface area contributed by atoms with Crippen molar-refractivity contribution in [1.82, 2.24) is 20.0 Å². The molecule has 1 aliphatic rings. The summed E-state index contributed by atoms with van der Waals surface area (Å²) < 4.78 is 49.0. The number of hydrogen-bond acceptors (Lipinski definition) is 6. The van der Waals surface area contributed by atoms with E-state index < -0.39 is 18.0 Å². The summed E-state index contributed by atoms with van der Waals surface area (Å²) in [6.07, 6.45) is -3.84. The average molecular weight is 328 g/mol. The van der Waals surface area contributed by atoms with Gasteiger partial charge in [0.1, 0.15) is 11.8 Å². The van der Waals surface area contributed by atoms with Crippen molar-refractivity contribution in [1.29, 1.82) is 0 Å². The van der Waals surface area contributed by atoms with Gasteiger partial charge in [-0.1, -0.05) is 5.16 Å². The molecule has 2 aromatic rings. The first-order valence-corrected chi connectivity index (χ1v) is 7.04. The Kier molecular flexibility index (Phi) is 4.07. The number of ether oxygens (including phenoxy) is 1. The molecule has 9 heteroatoms. The number of nitrogens with zero attached hydrogens (tertiary/aromatic N) is 4. The highest BCUT2D eigenvalue weighted by Gasteiger charge is 2.33. The maximum absolute atomic E-state index is 12.7. The van der Waals surface area contributed by atoms with Gasteiger partial charge in [-0.2, -0.15) is 18.2 Å². The standard InChI is InChI=1S/C14H15F3N4O2/c1-8-6-21(2)7-10(22-8)13-19-12(20-23-13)9-3-4-18-11(5-9)14(15,16)17/h3-5,8,10H,6-7H2,1-2H3/t8-,10-/m1/s1. The molecular formula is C14H15F3N4O2. The van der Waals surface area contributed by atoms with Gasteiger partial charge in [-0.15, -0.1) is 0 Å². The molecule has 1 saturated heterocycles. The Balaban J connectivity index is 1.85. The molecule has 3 heterocycles. The Morgan fingerprint density at radius 1 is 1.30 bits per heavy atom. The Bertz CT molecular complexity index is 679. The van der Waals surface area contributed by atoms with E-state index in [0.29, 0.717) is 6.54 Å². The number of hydrogen-bond donors (Lipinski definition) is 0. The molecule has 0 aromatic carbocycles. The lowest BCUT2D eigenvalue weighted by Crippen LogP contribution is -2.40. The van der Waals surface area contributed by atoms with Crippen LogP contribution in [0, 0.1) is 0 Å². The van der Waals surface area contributed by atoms with Crippen LogP contribution in [0.15, 0.2) is 22.9 Å². The van der Waals surface area contributed by atoms with Crippen molar-refractivity contribution in [3.63, 3.8) is 0 Å². The summed E-state index contributed by atoms with van der Waals surface area (Å²) in [6.45, 7) is 3.30. The monoisotopic (exact) mass is 328 g/mol. The van der Waals surface area contributed by atoms with Gasteiger partial charge in [0.15, 0.2) is 0 Å². The summed E-state index contributed by atoms with van der Waals surface area (Å²) in [5, 5.41) is 3.76. The van der Waals surface area contributed by atoms with Crippen molar-refractivity contribution >= 4 is 0 Å². The van der Waals surface area contributed by atoms with Gasteiger partial charge in [-0.25, -0.2) is 0 Å². The summed E-state index contributed by atoms with van der Waals surface area (Å²) in [7, 11) is 1.95. The second kappa shape index (κ2) is 5.89. The van der Waals surface area contributed by atoms with Crippen molar-refractivity contribution in [3.05, 3.63) is 29.9 Å². The van der Waals surface area contributed by atoms with Gasteiger partial charge in [-0.3, -0.25) is 4.98 Å². The fraction of sp³-hybridized carbons (Fsp3) is 0.500. The highest BCUT2D eigenvalue weighted by atomic mass is 19.4. The van der Waals surface area contributed by atoms with Crippen LogP contribution < -0.4 is 0 Å². The fourth-order valence-electron chi connectivity index (χ4n) is 2.51. The van der Waals surface area contributed by atoms with Crippen LogP contribution in [0.25, 0.3) is 11.4 Å². The second-order valence-electron chi connectivity index (χ2n) is 5.54. The zero-order chi connectivity index (χ0) is 16.6. The van der Waals surface area contributed by atoms with Crippen molar-refractivity contribution in [2.45, 2.75) is 25.3 Å². The lowest BCUT2D eigenvalue weighted by Gasteiger charge is -2.32. The number of pyridine rings is 1. The molecule has 0 aliphatic carbocycles. The van der Waals surface area contributed by atoms with Crippen molar-refractivity contribution in [2.75, 3.05) is 20.1 Å². The minimum Gasteiger partial charge on any atom is -0.363 e. The van der Waals surface area contributed by atoms with Crippen LogP contribution in [0.1, 0.15) is 24.6 Å². The summed E-state index contributed by atoms with van der Waals surface area (Å²) >= 11 is 0. The molecule has 124 valence electrons. The Morgan fingerprint density at radius 2 is 2.09 bits per heavy atom. The summed E-state index contributed by atoms with van der Waals surface area (Å²) in [4.78, 5) is 9.55. The highest BCUT2D eigenvalue weighted by Crippen LogP contribution is 2.30. The number of likely N-dealkylation sites (N-methyl/N-ethyl adjacent to an activating group) is 1. The van der Waals surface area contributed by atoms with Gasteiger partial charge in [-0.05, 0) is 26.1 Å². The van der Waals surface area contributed by atoms with E-state index in [1.807, 2.05) is 14.0 Å². The van der Waals surface area contributed by atoms with Gasteiger partial charge in [0.25, 0.3) is 5.89 Å². The molecule has 0 N–H and O–H groups in total. The predicted molar refractivity (Wildman–Crippen MR) is 73.3 cm³/mol. The van der Waals surface area contributed by atoms with Crippen molar-refractivity contribution in [3.8, 4) is 11.4 Å². The van der Waals surface area contributed by atoms with Crippen LogP contribution in [-0.4, -0.2) is 46.3 Å². The van der Waals surface area contributed by atoms with Crippen LogP contribution in [0.3, 0.4) is 0 Å². The van der Waals surface area contributed by atoms with Crippen LogP contribution in [0.4, 0.5) is 13.2 Å². The first-order chi connectivity index (χ1) is 10.8. The van der Waals surface area contributed by atoms with E-state index in [1.54, 1.807) is 0 Å². The maximum atomic E-state index is 12.7. The molecule has 2 aromatic heterocycles. The first-order valence-electron chi connectivity index (χ1n) is 7.04. The smallest absolute Gasteiger partial charge is 0.363 e. The molecule has 1 aliphatic heterocycles. The molecule has 0 bridgehead atoms. The second-order valence-corrected chi connectivity index (χ2v) is 5.54. The third kappa shape index (κ3) is 3.50. The quantitative estimate of drug-likeness (QED) is 0.844. The topological polar surface area (TPSA) is 64.3 Å². The van der Waals surface area contributed by atoms with Crippen LogP contribution in [0.2, 0.25) is 0 Å². The van der Waals surface area contributed by atoms with E-state index in [0.717, 1.165) is 18.8 Å². The zero-order valence-electron chi connectivity index (χ0n) is 12.5. The van der Waals surface area contributed by atoms with Gasteiger partial charge >= 0.3 is 6.18 Å². The molecule has 23 heavy (non-hydrogen) atoms. The van der Waals surface area contributed by atoms with Gasteiger partial charge in [0, 0.05) is 24.8 Å². The Morgan fingerprint density at radius 3 is 2.78 bits per heavy atom. The third-order valence-electron chi connectivity index (χ3n) is 3.47. The minimum atomic E-state index is -4.52. The predicted octanol–water partition coefficient (Wildman–Crippen LogP) is 2.54. The SMILES string of the molecule is C[C@@H]1CN(C)C[C@H](c2nc(-c3ccnc(C(F)(F)F)c3)no2)O1. The van der Waals surface area contributed by atoms with E-state index in [2.05, 4.69) is 20.0 Å². The largest absolute Gasteiger partial charge is 0.433 e. The fourth-order valence-corrected chi connectivity index (χ4v) is 2.51. The number of rotatable bonds is 2. The number of morpholine rings is 1. The molecule has 6 nitrogen and oxygen atoms in total. The molecular weight excluding hydrogens is 313 g/mol. The summed E-state index contributed by atoms with van der Waals surface area (Å²) in [5.41, 5.74) is -0.803. The third-order valence-corrected chi connectivity index (χ3v) is 3.47. The highest BCUT2D eigenvalue weighted by molar-refractivity contribution is 5.54. The molecule has 0 unspecified atom stereocenters. The normalized spacial score (nSPS) is 23.2. The van der Waals surface area contributed by atoms with E-state index in [4.69, 9.17) is 9.26 Å². The summed E-state index contributed by atoms with van der Waals surface area (Å²) in [6, 6.07) is 2.30.